The number of benzene rings is 2. The minimum atomic E-state index is -0.0271. The van der Waals surface area contributed by atoms with Gasteiger partial charge in [0.15, 0.2) is 0 Å². The maximum absolute atomic E-state index is 6.44. The van der Waals surface area contributed by atoms with E-state index in [0.29, 0.717) is 0 Å². The first-order valence-electron chi connectivity index (χ1n) is 7.00. The summed E-state index contributed by atoms with van der Waals surface area (Å²) in [4.78, 5) is 0. The van der Waals surface area contributed by atoms with Crippen molar-refractivity contribution in [3.8, 4) is 5.75 Å². The highest BCUT2D eigenvalue weighted by Gasteiger charge is 2.20. The zero-order chi connectivity index (χ0) is 15.0. The van der Waals surface area contributed by atoms with Gasteiger partial charge in [-0.1, -0.05) is 37.9 Å². The summed E-state index contributed by atoms with van der Waals surface area (Å²) in [5.74, 6) is 1.03. The molecule has 4 heteroatoms. The van der Waals surface area contributed by atoms with Gasteiger partial charge in [0.2, 0.25) is 0 Å². The normalized spacial score (nSPS) is 14.7. The SMILES string of the molecule is Cc1cc(Br)ccc1C(N)Cc1cc(Br)cc2c1OCC2. The van der Waals surface area contributed by atoms with Crippen LogP contribution in [0.2, 0.25) is 0 Å². The molecule has 0 saturated carbocycles. The van der Waals surface area contributed by atoms with Gasteiger partial charge in [0.25, 0.3) is 0 Å². The van der Waals surface area contributed by atoms with Crippen molar-refractivity contribution in [2.45, 2.75) is 25.8 Å². The van der Waals surface area contributed by atoms with Crippen LogP contribution in [0.4, 0.5) is 0 Å². The molecule has 1 aliphatic heterocycles. The van der Waals surface area contributed by atoms with Crippen LogP contribution in [-0.4, -0.2) is 6.61 Å². The molecular weight excluding hydrogens is 394 g/mol. The first kappa shape index (κ1) is 15.1. The van der Waals surface area contributed by atoms with E-state index in [2.05, 4.69) is 63.0 Å². The number of ether oxygens (including phenoxy) is 1. The fourth-order valence-corrected chi connectivity index (χ4v) is 3.93. The summed E-state index contributed by atoms with van der Waals surface area (Å²) in [5, 5.41) is 0. The molecule has 1 heterocycles. The fourth-order valence-electron chi connectivity index (χ4n) is 2.90. The Labute approximate surface area is 141 Å². The van der Waals surface area contributed by atoms with Gasteiger partial charge < -0.3 is 10.5 Å². The molecule has 2 nitrogen and oxygen atoms in total. The van der Waals surface area contributed by atoms with Gasteiger partial charge in [-0.2, -0.15) is 0 Å². The molecule has 0 fully saturated rings. The van der Waals surface area contributed by atoms with E-state index in [4.69, 9.17) is 10.5 Å². The van der Waals surface area contributed by atoms with E-state index in [1.807, 2.05) is 6.07 Å². The third-order valence-electron chi connectivity index (χ3n) is 3.90. The van der Waals surface area contributed by atoms with Crippen molar-refractivity contribution in [1.29, 1.82) is 0 Å². The third kappa shape index (κ3) is 3.17. The zero-order valence-electron chi connectivity index (χ0n) is 11.8. The monoisotopic (exact) mass is 409 g/mol. The number of nitrogens with two attached hydrogens (primary N) is 1. The summed E-state index contributed by atoms with van der Waals surface area (Å²) in [7, 11) is 0. The smallest absolute Gasteiger partial charge is 0.125 e. The topological polar surface area (TPSA) is 35.2 Å². The maximum Gasteiger partial charge on any atom is 0.125 e. The van der Waals surface area contributed by atoms with E-state index in [1.165, 1.54) is 22.3 Å². The lowest BCUT2D eigenvalue weighted by molar-refractivity contribution is 0.352. The van der Waals surface area contributed by atoms with Crippen LogP contribution in [0, 0.1) is 6.92 Å². The van der Waals surface area contributed by atoms with Crippen LogP contribution in [0.15, 0.2) is 39.3 Å². The summed E-state index contributed by atoms with van der Waals surface area (Å²) >= 11 is 7.08. The summed E-state index contributed by atoms with van der Waals surface area (Å²) in [6, 6.07) is 10.5. The van der Waals surface area contributed by atoms with Crippen LogP contribution in [-0.2, 0) is 12.8 Å². The van der Waals surface area contributed by atoms with Crippen molar-refractivity contribution in [3.05, 3.63) is 61.5 Å². The molecular formula is C17H17Br2NO. The summed E-state index contributed by atoms with van der Waals surface area (Å²) in [5.41, 5.74) is 11.3. The lowest BCUT2D eigenvalue weighted by atomic mass is 9.95. The van der Waals surface area contributed by atoms with Crippen LogP contribution < -0.4 is 10.5 Å². The Morgan fingerprint density at radius 2 is 2.00 bits per heavy atom. The van der Waals surface area contributed by atoms with Crippen LogP contribution in [0.25, 0.3) is 0 Å². The van der Waals surface area contributed by atoms with E-state index in [0.717, 1.165) is 34.1 Å². The zero-order valence-corrected chi connectivity index (χ0v) is 15.0. The van der Waals surface area contributed by atoms with Crippen LogP contribution in [0.5, 0.6) is 5.75 Å². The molecule has 110 valence electrons. The Kier molecular flexibility index (Phi) is 4.38. The van der Waals surface area contributed by atoms with E-state index in [-0.39, 0.29) is 6.04 Å². The predicted molar refractivity (Wildman–Crippen MR) is 92.9 cm³/mol. The molecule has 0 radical (unpaired) electrons. The van der Waals surface area contributed by atoms with Crippen molar-refractivity contribution in [1.82, 2.24) is 0 Å². The van der Waals surface area contributed by atoms with Gasteiger partial charge in [-0.15, -0.1) is 0 Å². The maximum atomic E-state index is 6.44. The molecule has 0 bridgehead atoms. The molecule has 0 spiro atoms. The van der Waals surface area contributed by atoms with Gasteiger partial charge >= 0.3 is 0 Å². The molecule has 0 amide bonds. The Bertz CT molecular complexity index is 685. The second-order valence-corrected chi connectivity index (χ2v) is 7.29. The van der Waals surface area contributed by atoms with E-state index in [9.17, 15) is 0 Å². The van der Waals surface area contributed by atoms with Crippen LogP contribution in [0.3, 0.4) is 0 Å². The van der Waals surface area contributed by atoms with Gasteiger partial charge in [0, 0.05) is 21.4 Å². The van der Waals surface area contributed by atoms with E-state index < -0.39 is 0 Å². The minimum absolute atomic E-state index is 0.0271. The molecule has 1 atom stereocenters. The van der Waals surface area contributed by atoms with Gasteiger partial charge in [-0.25, -0.2) is 0 Å². The van der Waals surface area contributed by atoms with Crippen molar-refractivity contribution in [2.75, 3.05) is 6.61 Å². The van der Waals surface area contributed by atoms with Gasteiger partial charge in [-0.3, -0.25) is 0 Å². The number of aryl methyl sites for hydroxylation is 1. The molecule has 1 unspecified atom stereocenters. The number of hydrogen-bond donors (Lipinski definition) is 1. The highest BCUT2D eigenvalue weighted by molar-refractivity contribution is 9.10. The van der Waals surface area contributed by atoms with Crippen LogP contribution in [0.1, 0.15) is 28.3 Å². The summed E-state index contributed by atoms with van der Waals surface area (Å²) in [6.45, 7) is 2.87. The third-order valence-corrected chi connectivity index (χ3v) is 4.85. The lowest BCUT2D eigenvalue weighted by Gasteiger charge is -2.17. The van der Waals surface area contributed by atoms with Gasteiger partial charge in [0.05, 0.1) is 6.61 Å². The highest BCUT2D eigenvalue weighted by atomic mass is 79.9. The second-order valence-electron chi connectivity index (χ2n) is 5.46. The molecule has 0 aliphatic carbocycles. The highest BCUT2D eigenvalue weighted by Crippen LogP contribution is 2.35. The molecule has 2 aromatic carbocycles. The second kappa shape index (κ2) is 6.11. The van der Waals surface area contributed by atoms with E-state index in [1.54, 1.807) is 0 Å². The minimum Gasteiger partial charge on any atom is -0.493 e. The Balaban J connectivity index is 1.90. The van der Waals surface area contributed by atoms with Crippen molar-refractivity contribution >= 4 is 31.9 Å². The first-order chi connectivity index (χ1) is 10.0. The molecule has 3 rings (SSSR count). The first-order valence-corrected chi connectivity index (χ1v) is 8.59. The number of hydrogen-bond acceptors (Lipinski definition) is 2. The molecule has 1 aliphatic rings. The largest absolute Gasteiger partial charge is 0.493 e. The number of fused-ring (bicyclic) bond motifs is 1. The molecule has 2 aromatic rings. The molecule has 0 saturated heterocycles. The van der Waals surface area contributed by atoms with Crippen molar-refractivity contribution in [2.24, 2.45) is 5.73 Å². The van der Waals surface area contributed by atoms with Crippen molar-refractivity contribution < 1.29 is 4.74 Å². The van der Waals surface area contributed by atoms with E-state index >= 15 is 0 Å². The number of halogens is 2. The van der Waals surface area contributed by atoms with Gasteiger partial charge in [0.1, 0.15) is 5.75 Å². The molecule has 21 heavy (non-hydrogen) atoms. The van der Waals surface area contributed by atoms with Gasteiger partial charge in [-0.05, 0) is 59.9 Å². The standard InChI is InChI=1S/C17H17Br2NO/c1-10-6-13(18)2-3-15(10)16(20)9-12-8-14(19)7-11-4-5-21-17(11)12/h2-3,6-8,16H,4-5,9,20H2,1H3. The number of rotatable bonds is 3. The lowest BCUT2D eigenvalue weighted by Crippen LogP contribution is -2.15. The average Bonchev–Trinajstić information content (AvgIpc) is 2.86. The van der Waals surface area contributed by atoms with Crippen molar-refractivity contribution in [3.63, 3.8) is 0 Å². The molecule has 2 N–H and O–H groups in total. The summed E-state index contributed by atoms with van der Waals surface area (Å²) in [6.07, 6.45) is 1.76. The Hall–Kier alpha value is -0.840. The average molecular weight is 411 g/mol. The molecule has 0 aromatic heterocycles. The quantitative estimate of drug-likeness (QED) is 0.795. The Morgan fingerprint density at radius 3 is 2.76 bits per heavy atom. The predicted octanol–water partition coefficient (Wildman–Crippen LogP) is 4.70. The fraction of sp³-hybridized carbons (Fsp3) is 0.294. The summed E-state index contributed by atoms with van der Waals surface area (Å²) < 4.78 is 7.97. The Morgan fingerprint density at radius 1 is 1.19 bits per heavy atom. The van der Waals surface area contributed by atoms with Crippen LogP contribution >= 0.6 is 31.9 Å².